The summed E-state index contributed by atoms with van der Waals surface area (Å²) in [7, 11) is 0. The Labute approximate surface area is 152 Å². The summed E-state index contributed by atoms with van der Waals surface area (Å²) in [5.74, 6) is -1.10. The molecule has 0 bridgehead atoms. The van der Waals surface area contributed by atoms with E-state index in [0.29, 0.717) is 12.8 Å². The van der Waals surface area contributed by atoms with Crippen molar-refractivity contribution in [1.82, 2.24) is 10.2 Å². The zero-order valence-electron chi connectivity index (χ0n) is 13.7. The second-order valence-electron chi connectivity index (χ2n) is 6.29. The van der Waals surface area contributed by atoms with Crippen molar-refractivity contribution in [2.75, 3.05) is 5.75 Å². The van der Waals surface area contributed by atoms with E-state index in [1.54, 1.807) is 0 Å². The molecule has 3 amide bonds. The zero-order valence-corrected chi connectivity index (χ0v) is 14.5. The Morgan fingerprint density at radius 3 is 2.50 bits per heavy atom. The van der Waals surface area contributed by atoms with Crippen LogP contribution in [0.15, 0.2) is 24.3 Å². The summed E-state index contributed by atoms with van der Waals surface area (Å²) in [6.45, 7) is 0. The monoisotopic (exact) mass is 386 g/mol. The first kappa shape index (κ1) is 18.8. The quantitative estimate of drug-likeness (QED) is 0.864. The van der Waals surface area contributed by atoms with E-state index in [4.69, 9.17) is 0 Å². The number of alkyl halides is 3. The third-order valence-electron chi connectivity index (χ3n) is 4.64. The molecule has 1 aliphatic carbocycles. The van der Waals surface area contributed by atoms with E-state index >= 15 is 0 Å². The van der Waals surface area contributed by atoms with Crippen LogP contribution in [0.25, 0.3) is 0 Å². The number of hydrogen-bond donors (Lipinski definition) is 1. The summed E-state index contributed by atoms with van der Waals surface area (Å²) in [6.07, 6.45) is -2.04. The highest BCUT2D eigenvalue weighted by atomic mass is 32.2. The standard InChI is InChI=1S/C17H17F3N2O3S/c18-17(19,20)11-6-2-1-5-10(11)15(24)21-12-7-3-4-8-13(12)22-14(23)9-26-16(22)25/h1-2,5-6,12-13H,3-4,7-9H2,(H,21,24)/t12-,13+/m1/s1. The van der Waals surface area contributed by atoms with E-state index in [2.05, 4.69) is 5.32 Å². The smallest absolute Gasteiger partial charge is 0.347 e. The number of nitrogens with one attached hydrogen (secondary N) is 1. The summed E-state index contributed by atoms with van der Waals surface area (Å²) in [6, 6.07) is 3.51. The van der Waals surface area contributed by atoms with E-state index in [1.165, 1.54) is 12.1 Å². The number of imide groups is 1. The van der Waals surface area contributed by atoms with Gasteiger partial charge in [0.2, 0.25) is 5.91 Å². The normalized spacial score (nSPS) is 24.0. The molecule has 2 aliphatic rings. The average molecular weight is 386 g/mol. The fourth-order valence-electron chi connectivity index (χ4n) is 3.45. The Kier molecular flexibility index (Phi) is 5.27. The molecule has 1 aromatic rings. The molecule has 3 rings (SSSR count). The number of halogens is 3. The molecule has 5 nitrogen and oxygen atoms in total. The second-order valence-corrected chi connectivity index (χ2v) is 7.22. The first-order chi connectivity index (χ1) is 12.3. The van der Waals surface area contributed by atoms with Crippen LogP contribution >= 0.6 is 11.8 Å². The van der Waals surface area contributed by atoms with Crippen molar-refractivity contribution in [3.8, 4) is 0 Å². The van der Waals surface area contributed by atoms with Crippen LogP contribution in [-0.2, 0) is 11.0 Å². The average Bonchev–Trinajstić information content (AvgIpc) is 2.93. The Hall–Kier alpha value is -2.03. The number of thioether (sulfide) groups is 1. The van der Waals surface area contributed by atoms with Gasteiger partial charge in [-0.2, -0.15) is 13.2 Å². The van der Waals surface area contributed by atoms with Gasteiger partial charge in [0.15, 0.2) is 0 Å². The maximum atomic E-state index is 13.1. The zero-order chi connectivity index (χ0) is 18.9. The number of rotatable bonds is 3. The number of carbonyl (C=O) groups is 3. The third-order valence-corrected chi connectivity index (χ3v) is 5.47. The number of nitrogens with zero attached hydrogens (tertiary/aromatic N) is 1. The number of amides is 3. The Balaban J connectivity index is 1.82. The number of carbonyl (C=O) groups excluding carboxylic acids is 3. The summed E-state index contributed by atoms with van der Waals surface area (Å²) in [5.41, 5.74) is -1.47. The van der Waals surface area contributed by atoms with E-state index < -0.39 is 35.3 Å². The molecule has 0 unspecified atom stereocenters. The van der Waals surface area contributed by atoms with Gasteiger partial charge < -0.3 is 5.32 Å². The molecule has 1 aromatic carbocycles. The summed E-state index contributed by atoms with van der Waals surface area (Å²) in [5, 5.41) is 2.26. The molecule has 1 saturated carbocycles. The molecular weight excluding hydrogens is 369 g/mol. The van der Waals surface area contributed by atoms with Gasteiger partial charge in [-0.1, -0.05) is 36.7 Å². The highest BCUT2D eigenvalue weighted by Crippen LogP contribution is 2.33. The maximum absolute atomic E-state index is 13.1. The summed E-state index contributed by atoms with van der Waals surface area (Å²) >= 11 is 0.906. The molecule has 2 fully saturated rings. The Bertz CT molecular complexity index is 722. The van der Waals surface area contributed by atoms with Crippen molar-refractivity contribution in [3.63, 3.8) is 0 Å². The van der Waals surface area contributed by atoms with Gasteiger partial charge in [-0.05, 0) is 25.0 Å². The van der Waals surface area contributed by atoms with Gasteiger partial charge in [0.25, 0.3) is 11.1 Å². The fourth-order valence-corrected chi connectivity index (χ4v) is 4.21. The molecule has 26 heavy (non-hydrogen) atoms. The number of hydrogen-bond acceptors (Lipinski definition) is 4. The third kappa shape index (κ3) is 3.72. The van der Waals surface area contributed by atoms with Crippen LogP contribution in [0.4, 0.5) is 18.0 Å². The van der Waals surface area contributed by atoms with Crippen LogP contribution in [0.2, 0.25) is 0 Å². The van der Waals surface area contributed by atoms with Gasteiger partial charge in [0.1, 0.15) is 0 Å². The van der Waals surface area contributed by atoms with Crippen LogP contribution in [-0.4, -0.2) is 39.8 Å². The minimum absolute atomic E-state index is 0.0624. The lowest BCUT2D eigenvalue weighted by Crippen LogP contribution is -2.54. The van der Waals surface area contributed by atoms with Crippen molar-refractivity contribution >= 4 is 28.8 Å². The predicted octanol–water partition coefficient (Wildman–Crippen LogP) is 3.44. The van der Waals surface area contributed by atoms with Crippen LogP contribution in [0.5, 0.6) is 0 Å². The lowest BCUT2D eigenvalue weighted by Gasteiger charge is -2.36. The van der Waals surface area contributed by atoms with E-state index in [0.717, 1.165) is 41.6 Å². The predicted molar refractivity (Wildman–Crippen MR) is 89.7 cm³/mol. The van der Waals surface area contributed by atoms with Crippen molar-refractivity contribution in [2.45, 2.75) is 43.9 Å². The van der Waals surface area contributed by atoms with Gasteiger partial charge in [0.05, 0.1) is 29.0 Å². The minimum atomic E-state index is -4.64. The van der Waals surface area contributed by atoms with E-state index in [9.17, 15) is 27.6 Å². The molecule has 140 valence electrons. The van der Waals surface area contributed by atoms with Crippen LogP contribution in [0.1, 0.15) is 41.6 Å². The molecule has 2 atom stereocenters. The maximum Gasteiger partial charge on any atom is 0.417 e. The lowest BCUT2D eigenvalue weighted by atomic mass is 9.89. The summed E-state index contributed by atoms with van der Waals surface area (Å²) < 4.78 is 39.4. The van der Waals surface area contributed by atoms with Gasteiger partial charge >= 0.3 is 6.18 Å². The molecule has 1 N–H and O–H groups in total. The first-order valence-electron chi connectivity index (χ1n) is 8.25. The summed E-state index contributed by atoms with van der Waals surface area (Å²) in [4.78, 5) is 37.6. The minimum Gasteiger partial charge on any atom is -0.347 e. The molecule has 1 aliphatic heterocycles. The highest BCUT2D eigenvalue weighted by Gasteiger charge is 2.42. The molecule has 0 aromatic heterocycles. The lowest BCUT2D eigenvalue weighted by molar-refractivity contribution is -0.138. The molecule has 1 saturated heterocycles. The molecule has 0 spiro atoms. The molecular formula is C17H17F3N2O3S. The largest absolute Gasteiger partial charge is 0.417 e. The van der Waals surface area contributed by atoms with Crippen molar-refractivity contribution in [2.24, 2.45) is 0 Å². The van der Waals surface area contributed by atoms with Crippen LogP contribution < -0.4 is 5.32 Å². The first-order valence-corrected chi connectivity index (χ1v) is 9.23. The van der Waals surface area contributed by atoms with E-state index in [1.807, 2.05) is 0 Å². The van der Waals surface area contributed by atoms with Gasteiger partial charge in [-0.15, -0.1) is 0 Å². The van der Waals surface area contributed by atoms with Crippen molar-refractivity contribution in [3.05, 3.63) is 35.4 Å². The topological polar surface area (TPSA) is 66.5 Å². The van der Waals surface area contributed by atoms with Crippen molar-refractivity contribution < 1.29 is 27.6 Å². The molecule has 0 radical (unpaired) electrons. The SMILES string of the molecule is O=C(N[C@@H]1CCCC[C@@H]1N1C(=O)CSC1=O)c1ccccc1C(F)(F)F. The Morgan fingerprint density at radius 1 is 1.15 bits per heavy atom. The Morgan fingerprint density at radius 2 is 1.85 bits per heavy atom. The van der Waals surface area contributed by atoms with Gasteiger partial charge in [-0.25, -0.2) is 0 Å². The van der Waals surface area contributed by atoms with Gasteiger partial charge in [-0.3, -0.25) is 19.3 Å². The van der Waals surface area contributed by atoms with Crippen LogP contribution in [0, 0.1) is 0 Å². The highest BCUT2D eigenvalue weighted by molar-refractivity contribution is 8.14. The second kappa shape index (κ2) is 7.30. The van der Waals surface area contributed by atoms with Crippen LogP contribution in [0.3, 0.4) is 0 Å². The van der Waals surface area contributed by atoms with E-state index in [-0.39, 0.29) is 16.9 Å². The fraction of sp³-hybridized carbons (Fsp3) is 0.471. The van der Waals surface area contributed by atoms with Crippen molar-refractivity contribution in [1.29, 1.82) is 0 Å². The number of benzene rings is 1. The molecule has 1 heterocycles. The molecule has 9 heteroatoms. The van der Waals surface area contributed by atoms with Gasteiger partial charge in [0, 0.05) is 0 Å².